The molecule has 140 valence electrons. The van der Waals surface area contributed by atoms with E-state index >= 15 is 0 Å². The smallest absolute Gasteiger partial charge is 0.194 e. The van der Waals surface area contributed by atoms with Gasteiger partial charge in [-0.25, -0.2) is 0 Å². The highest BCUT2D eigenvalue weighted by molar-refractivity contribution is 5.79. The first-order valence-corrected chi connectivity index (χ1v) is 9.47. The molecule has 1 aromatic carbocycles. The number of hydrogen-bond acceptors (Lipinski definition) is 3. The fourth-order valence-corrected chi connectivity index (χ4v) is 3.18. The van der Waals surface area contributed by atoms with Crippen LogP contribution in [0.2, 0.25) is 0 Å². The van der Waals surface area contributed by atoms with Crippen molar-refractivity contribution in [1.82, 2.24) is 20.0 Å². The number of aryl methyl sites for hydroxylation is 1. The van der Waals surface area contributed by atoms with Crippen molar-refractivity contribution in [1.29, 1.82) is 0 Å². The predicted octanol–water partition coefficient (Wildman–Crippen LogP) is 2.03. The normalized spacial score (nSPS) is 18.2. The van der Waals surface area contributed by atoms with Gasteiger partial charge in [0.15, 0.2) is 5.96 Å². The van der Waals surface area contributed by atoms with Crippen molar-refractivity contribution in [2.75, 3.05) is 53.4 Å². The molecule has 1 aliphatic heterocycles. The Morgan fingerprint density at radius 1 is 1.24 bits per heavy atom. The minimum Gasteiger partial charge on any atom is -0.357 e. The largest absolute Gasteiger partial charge is 0.357 e. The highest BCUT2D eigenvalue weighted by atomic mass is 15.3. The number of nitrogens with zero attached hydrogens (tertiary/aromatic N) is 4. The molecule has 1 heterocycles. The quantitative estimate of drug-likeness (QED) is 0.632. The van der Waals surface area contributed by atoms with Crippen molar-refractivity contribution in [3.63, 3.8) is 0 Å². The second kappa shape index (κ2) is 9.78. The monoisotopic (exact) mass is 345 g/mol. The summed E-state index contributed by atoms with van der Waals surface area (Å²) in [6.07, 6.45) is 0. The van der Waals surface area contributed by atoms with Crippen molar-refractivity contribution in [2.45, 2.75) is 33.4 Å². The maximum absolute atomic E-state index is 4.91. The van der Waals surface area contributed by atoms with Gasteiger partial charge in [0.25, 0.3) is 0 Å². The molecule has 5 heteroatoms. The Bertz CT molecular complexity index is 549. The Labute approximate surface area is 153 Å². The zero-order valence-electron chi connectivity index (χ0n) is 16.6. The van der Waals surface area contributed by atoms with E-state index in [9.17, 15) is 0 Å². The second-order valence-corrected chi connectivity index (χ2v) is 7.17. The van der Waals surface area contributed by atoms with Crippen LogP contribution in [0.3, 0.4) is 0 Å². The maximum atomic E-state index is 4.91. The second-order valence-electron chi connectivity index (χ2n) is 7.17. The SMILES string of the molecule is CCNC(=NCC(C)N1CCN(C)CC1)N(C)Cc1ccccc1C. The van der Waals surface area contributed by atoms with E-state index in [0.717, 1.165) is 51.8 Å². The summed E-state index contributed by atoms with van der Waals surface area (Å²) in [4.78, 5) is 12.1. The van der Waals surface area contributed by atoms with Gasteiger partial charge in [0, 0.05) is 52.4 Å². The Morgan fingerprint density at radius 2 is 1.92 bits per heavy atom. The van der Waals surface area contributed by atoms with E-state index in [-0.39, 0.29) is 0 Å². The molecule has 1 unspecified atom stereocenters. The number of hydrogen-bond donors (Lipinski definition) is 1. The first-order valence-electron chi connectivity index (χ1n) is 9.47. The summed E-state index contributed by atoms with van der Waals surface area (Å²) in [5, 5.41) is 3.44. The fourth-order valence-electron chi connectivity index (χ4n) is 3.18. The van der Waals surface area contributed by atoms with Gasteiger partial charge < -0.3 is 15.1 Å². The van der Waals surface area contributed by atoms with Crippen LogP contribution in [0.4, 0.5) is 0 Å². The molecule has 2 rings (SSSR count). The van der Waals surface area contributed by atoms with Crippen molar-refractivity contribution in [3.05, 3.63) is 35.4 Å². The third-order valence-corrected chi connectivity index (χ3v) is 5.03. The third kappa shape index (κ3) is 6.01. The molecule has 1 aliphatic rings. The van der Waals surface area contributed by atoms with E-state index in [1.807, 2.05) is 0 Å². The van der Waals surface area contributed by atoms with Crippen LogP contribution >= 0.6 is 0 Å². The lowest BCUT2D eigenvalue weighted by atomic mass is 10.1. The number of nitrogens with one attached hydrogen (secondary N) is 1. The van der Waals surface area contributed by atoms with Crippen LogP contribution in [0.25, 0.3) is 0 Å². The lowest BCUT2D eigenvalue weighted by molar-refractivity contribution is 0.122. The van der Waals surface area contributed by atoms with Gasteiger partial charge in [0.2, 0.25) is 0 Å². The molecule has 1 N–H and O–H groups in total. The highest BCUT2D eigenvalue weighted by Crippen LogP contribution is 2.10. The molecule has 1 fully saturated rings. The average Bonchev–Trinajstić information content (AvgIpc) is 2.60. The summed E-state index contributed by atoms with van der Waals surface area (Å²) >= 11 is 0. The minimum absolute atomic E-state index is 0.481. The topological polar surface area (TPSA) is 34.1 Å². The highest BCUT2D eigenvalue weighted by Gasteiger charge is 2.19. The Balaban J connectivity index is 1.96. The van der Waals surface area contributed by atoms with Gasteiger partial charge in [-0.2, -0.15) is 0 Å². The number of rotatable bonds is 6. The summed E-state index contributed by atoms with van der Waals surface area (Å²) in [5.74, 6) is 0.992. The van der Waals surface area contributed by atoms with Crippen LogP contribution in [-0.4, -0.2) is 80.1 Å². The van der Waals surface area contributed by atoms with Crippen LogP contribution in [-0.2, 0) is 6.54 Å². The van der Waals surface area contributed by atoms with E-state index in [1.54, 1.807) is 0 Å². The predicted molar refractivity (Wildman–Crippen MR) is 107 cm³/mol. The lowest BCUT2D eigenvalue weighted by Crippen LogP contribution is -2.49. The fraction of sp³-hybridized carbons (Fsp3) is 0.650. The first kappa shape index (κ1) is 19.7. The Hall–Kier alpha value is -1.59. The van der Waals surface area contributed by atoms with E-state index < -0.39 is 0 Å². The minimum atomic E-state index is 0.481. The molecule has 0 aromatic heterocycles. The molecule has 1 atom stereocenters. The van der Waals surface area contributed by atoms with Gasteiger partial charge in [-0.3, -0.25) is 9.89 Å². The van der Waals surface area contributed by atoms with Gasteiger partial charge in [-0.05, 0) is 38.9 Å². The van der Waals surface area contributed by atoms with Gasteiger partial charge in [-0.1, -0.05) is 24.3 Å². The molecule has 0 amide bonds. The number of likely N-dealkylation sites (N-methyl/N-ethyl adjacent to an activating group) is 1. The van der Waals surface area contributed by atoms with E-state index in [0.29, 0.717) is 6.04 Å². The summed E-state index contributed by atoms with van der Waals surface area (Å²) in [6, 6.07) is 9.05. The lowest BCUT2D eigenvalue weighted by Gasteiger charge is -2.36. The Kier molecular flexibility index (Phi) is 7.72. The first-order chi connectivity index (χ1) is 12.0. The average molecular weight is 346 g/mol. The molecule has 5 nitrogen and oxygen atoms in total. The molecule has 0 radical (unpaired) electrons. The molecule has 25 heavy (non-hydrogen) atoms. The van der Waals surface area contributed by atoms with Crippen molar-refractivity contribution >= 4 is 5.96 Å². The number of guanidine groups is 1. The van der Waals surface area contributed by atoms with E-state index in [2.05, 4.69) is 79.1 Å². The number of aliphatic imine (C=N–C) groups is 1. The van der Waals surface area contributed by atoms with Crippen LogP contribution < -0.4 is 5.32 Å². The van der Waals surface area contributed by atoms with Gasteiger partial charge >= 0.3 is 0 Å². The van der Waals surface area contributed by atoms with Crippen molar-refractivity contribution in [3.8, 4) is 0 Å². The standard InChI is InChI=1S/C20H35N5/c1-6-21-20(24(5)16-19-10-8-7-9-17(19)2)22-15-18(3)25-13-11-23(4)12-14-25/h7-10,18H,6,11-16H2,1-5H3,(H,21,22). The summed E-state index contributed by atoms with van der Waals surface area (Å²) in [6.45, 7) is 13.8. The van der Waals surface area contributed by atoms with Crippen molar-refractivity contribution < 1.29 is 0 Å². The van der Waals surface area contributed by atoms with Gasteiger partial charge in [0.1, 0.15) is 0 Å². The third-order valence-electron chi connectivity index (χ3n) is 5.03. The molecule has 0 bridgehead atoms. The van der Waals surface area contributed by atoms with Crippen LogP contribution in [0.1, 0.15) is 25.0 Å². The molecule has 0 saturated carbocycles. The van der Waals surface area contributed by atoms with Crippen molar-refractivity contribution in [2.24, 2.45) is 4.99 Å². The van der Waals surface area contributed by atoms with Crippen LogP contribution in [0.15, 0.2) is 29.3 Å². The number of benzene rings is 1. The summed E-state index contributed by atoms with van der Waals surface area (Å²) in [5.41, 5.74) is 2.68. The summed E-state index contributed by atoms with van der Waals surface area (Å²) in [7, 11) is 4.32. The molecular formula is C20H35N5. The molecule has 1 saturated heterocycles. The van der Waals surface area contributed by atoms with Crippen LogP contribution in [0, 0.1) is 6.92 Å². The Morgan fingerprint density at radius 3 is 2.56 bits per heavy atom. The van der Waals surface area contributed by atoms with Crippen LogP contribution in [0.5, 0.6) is 0 Å². The molecule has 0 spiro atoms. The van der Waals surface area contributed by atoms with E-state index in [1.165, 1.54) is 11.1 Å². The molecule has 0 aliphatic carbocycles. The molecule has 1 aromatic rings. The van der Waals surface area contributed by atoms with E-state index in [4.69, 9.17) is 4.99 Å². The zero-order valence-corrected chi connectivity index (χ0v) is 16.6. The number of piperazine rings is 1. The van der Waals surface area contributed by atoms with Gasteiger partial charge in [0.05, 0.1) is 6.54 Å². The van der Waals surface area contributed by atoms with Gasteiger partial charge in [-0.15, -0.1) is 0 Å². The maximum Gasteiger partial charge on any atom is 0.194 e. The molecular weight excluding hydrogens is 310 g/mol. The zero-order chi connectivity index (χ0) is 18.2. The summed E-state index contributed by atoms with van der Waals surface area (Å²) < 4.78 is 0.